The van der Waals surface area contributed by atoms with Gasteiger partial charge in [-0.3, -0.25) is 0 Å². The Labute approximate surface area is 183 Å². The van der Waals surface area contributed by atoms with E-state index in [1.807, 2.05) is 12.1 Å². The van der Waals surface area contributed by atoms with E-state index in [0.29, 0.717) is 18.3 Å². The summed E-state index contributed by atoms with van der Waals surface area (Å²) in [7, 11) is 0. The molecule has 2 heterocycles. The number of aromatic amines is 1. The minimum Gasteiger partial charge on any atom is -0.395 e. The lowest BCUT2D eigenvalue weighted by atomic mass is 10.0. The quantitative estimate of drug-likeness (QED) is 0.473. The van der Waals surface area contributed by atoms with Crippen molar-refractivity contribution in [1.29, 1.82) is 0 Å². The first-order valence-corrected chi connectivity index (χ1v) is 10.5. The van der Waals surface area contributed by atoms with Gasteiger partial charge in [0.25, 0.3) is 0 Å². The molecule has 0 bridgehead atoms. The number of anilines is 1. The Hall–Kier alpha value is -3.11. The fraction of sp³-hybridized carbons (Fsp3) is 0.320. The van der Waals surface area contributed by atoms with E-state index < -0.39 is 6.10 Å². The second-order valence-corrected chi connectivity index (χ2v) is 7.29. The van der Waals surface area contributed by atoms with E-state index in [9.17, 15) is 0 Å². The largest absolute Gasteiger partial charge is 0.395 e. The van der Waals surface area contributed by atoms with Crippen LogP contribution in [0.25, 0.3) is 11.1 Å². The van der Waals surface area contributed by atoms with Crippen LogP contribution in [0, 0.1) is 11.8 Å². The highest BCUT2D eigenvalue weighted by atomic mass is 16.5. The monoisotopic (exact) mass is 419 g/mol. The smallest absolute Gasteiger partial charge is 0.134 e. The molecular weight excluding hydrogens is 390 g/mol. The summed E-state index contributed by atoms with van der Waals surface area (Å²) < 4.78 is 5.38. The van der Waals surface area contributed by atoms with Gasteiger partial charge < -0.3 is 25.3 Å². The summed E-state index contributed by atoms with van der Waals surface area (Å²) in [6.45, 7) is 3.42. The van der Waals surface area contributed by atoms with Crippen molar-refractivity contribution < 1.29 is 14.9 Å². The summed E-state index contributed by atoms with van der Waals surface area (Å²) in [6.07, 6.45) is 4.40. The van der Waals surface area contributed by atoms with E-state index in [1.54, 1.807) is 19.3 Å². The number of nitrogens with zero attached hydrogens (tertiary/aromatic N) is 1. The molecule has 3 aromatic rings. The van der Waals surface area contributed by atoms with Crippen LogP contribution in [0.15, 0.2) is 60.9 Å². The third kappa shape index (κ3) is 7.26. The first-order valence-electron chi connectivity index (χ1n) is 10.5. The number of aromatic nitrogens is 2. The second kappa shape index (κ2) is 11.9. The first-order chi connectivity index (χ1) is 15.2. The molecule has 2 atom stereocenters. The minimum absolute atomic E-state index is 0.110. The molecule has 0 amide bonds. The van der Waals surface area contributed by atoms with Gasteiger partial charge in [0.2, 0.25) is 0 Å². The highest BCUT2D eigenvalue weighted by molar-refractivity contribution is 5.66. The van der Waals surface area contributed by atoms with Crippen molar-refractivity contribution in [3.05, 3.63) is 72.3 Å². The molecule has 2 aromatic carbocycles. The Bertz CT molecular complexity index is 950. The van der Waals surface area contributed by atoms with Crippen LogP contribution in [-0.2, 0) is 4.74 Å². The molecule has 1 aromatic heterocycles. The Morgan fingerprint density at radius 1 is 1.16 bits per heavy atom. The van der Waals surface area contributed by atoms with Crippen LogP contribution in [0.1, 0.15) is 37.3 Å². The van der Waals surface area contributed by atoms with Crippen molar-refractivity contribution in [2.24, 2.45) is 0 Å². The number of hydrogen-bond acceptors (Lipinski definition) is 5. The molecule has 6 heteroatoms. The van der Waals surface area contributed by atoms with Crippen molar-refractivity contribution in [3.8, 4) is 23.0 Å². The first kappa shape index (κ1) is 22.6. The zero-order valence-electron chi connectivity index (χ0n) is 17.7. The molecule has 6 nitrogen and oxygen atoms in total. The van der Waals surface area contributed by atoms with E-state index in [1.165, 1.54) is 11.1 Å². The fourth-order valence-electron chi connectivity index (χ4n) is 3.12. The summed E-state index contributed by atoms with van der Waals surface area (Å²) in [6, 6.07) is 17.1. The Kier molecular flexibility index (Phi) is 8.68. The summed E-state index contributed by atoms with van der Waals surface area (Å²) in [5.74, 6) is 6.59. The van der Waals surface area contributed by atoms with Crippen molar-refractivity contribution in [2.45, 2.75) is 31.9 Å². The van der Waals surface area contributed by atoms with Crippen LogP contribution in [-0.4, -0.2) is 46.0 Å². The third-order valence-electron chi connectivity index (χ3n) is 4.79. The zero-order valence-corrected chi connectivity index (χ0v) is 17.7. The average molecular weight is 420 g/mol. The van der Waals surface area contributed by atoms with Gasteiger partial charge in [-0.1, -0.05) is 36.1 Å². The van der Waals surface area contributed by atoms with E-state index in [0.717, 1.165) is 30.9 Å². The predicted molar refractivity (Wildman–Crippen MR) is 123 cm³/mol. The normalized spacial score (nSPS) is 15.9. The van der Waals surface area contributed by atoms with Crippen molar-refractivity contribution in [1.82, 2.24) is 9.97 Å². The molecule has 0 saturated carbocycles. The molecule has 31 heavy (non-hydrogen) atoms. The molecular formula is C25H29N3O3. The summed E-state index contributed by atoms with van der Waals surface area (Å²) in [4.78, 5) is 6.59. The number of benzene rings is 2. The SMILES string of the molecule is C[C@H](O)c1ncc[nH]1.OCCC#Cc1ccc(-c2ccc(NC3CCOC3)cc2)cc1. The van der Waals surface area contributed by atoms with Crippen molar-refractivity contribution in [3.63, 3.8) is 0 Å². The van der Waals surface area contributed by atoms with Crippen molar-refractivity contribution in [2.75, 3.05) is 25.1 Å². The third-order valence-corrected chi connectivity index (χ3v) is 4.79. The van der Waals surface area contributed by atoms with E-state index in [-0.39, 0.29) is 6.61 Å². The molecule has 4 N–H and O–H groups in total. The summed E-state index contributed by atoms with van der Waals surface area (Å²) in [5.41, 5.74) is 4.47. The number of rotatable bonds is 5. The number of nitrogens with one attached hydrogen (secondary N) is 2. The van der Waals surface area contributed by atoms with Gasteiger partial charge in [-0.15, -0.1) is 0 Å². The molecule has 1 aliphatic heterocycles. The van der Waals surface area contributed by atoms with Crippen molar-refractivity contribution >= 4 is 5.69 Å². The van der Waals surface area contributed by atoms with Gasteiger partial charge >= 0.3 is 0 Å². The van der Waals surface area contributed by atoms with Gasteiger partial charge in [0.05, 0.1) is 19.3 Å². The maximum Gasteiger partial charge on any atom is 0.134 e. The number of aliphatic hydroxyl groups excluding tert-OH is 2. The van der Waals surface area contributed by atoms with Gasteiger partial charge in [-0.2, -0.15) is 0 Å². The van der Waals surface area contributed by atoms with Crippen LogP contribution < -0.4 is 5.32 Å². The van der Waals surface area contributed by atoms with Crippen LogP contribution >= 0.6 is 0 Å². The van der Waals surface area contributed by atoms with Crippen LogP contribution in [0.3, 0.4) is 0 Å². The molecule has 1 fully saturated rings. The number of ether oxygens (including phenoxy) is 1. The highest BCUT2D eigenvalue weighted by Crippen LogP contribution is 2.23. The Morgan fingerprint density at radius 3 is 2.39 bits per heavy atom. The number of hydrogen-bond donors (Lipinski definition) is 4. The Balaban J connectivity index is 0.000000287. The van der Waals surface area contributed by atoms with Crippen LogP contribution in [0.4, 0.5) is 5.69 Å². The summed E-state index contributed by atoms with van der Waals surface area (Å²) >= 11 is 0. The number of aliphatic hydroxyl groups is 2. The molecule has 1 unspecified atom stereocenters. The lowest BCUT2D eigenvalue weighted by Gasteiger charge is -2.12. The molecule has 0 aliphatic carbocycles. The molecule has 0 spiro atoms. The molecule has 162 valence electrons. The molecule has 1 aliphatic rings. The maximum absolute atomic E-state index is 8.82. The summed E-state index contributed by atoms with van der Waals surface area (Å²) in [5, 5.41) is 21.0. The Morgan fingerprint density at radius 2 is 1.87 bits per heavy atom. The second-order valence-electron chi connectivity index (χ2n) is 7.29. The highest BCUT2D eigenvalue weighted by Gasteiger charge is 2.14. The molecule has 1 saturated heterocycles. The van der Waals surface area contributed by atoms with Gasteiger partial charge in [0.15, 0.2) is 0 Å². The lowest BCUT2D eigenvalue weighted by molar-refractivity contribution is 0.190. The fourth-order valence-corrected chi connectivity index (χ4v) is 3.12. The van der Waals surface area contributed by atoms with Gasteiger partial charge in [0.1, 0.15) is 11.9 Å². The average Bonchev–Trinajstić information content (AvgIpc) is 3.50. The van der Waals surface area contributed by atoms with E-state index >= 15 is 0 Å². The number of imidazole rings is 1. The van der Waals surface area contributed by atoms with Gasteiger partial charge in [-0.25, -0.2) is 4.98 Å². The number of H-pyrrole nitrogens is 1. The maximum atomic E-state index is 8.82. The predicted octanol–water partition coefficient (Wildman–Crippen LogP) is 3.75. The molecule has 0 radical (unpaired) electrons. The minimum atomic E-state index is -0.481. The standard InChI is InChI=1S/C20H21NO2.C5H8N2O/c22-13-2-1-3-16-4-6-17(7-5-16)18-8-10-19(11-9-18)21-20-12-14-23-15-20;1-4(8)5-6-2-3-7-5/h4-11,20-22H,2,12-15H2;2-4,8H,1H3,(H,6,7)/t;4-/m.0/s1. The van der Waals surface area contributed by atoms with Gasteiger partial charge in [0, 0.05) is 36.7 Å². The topological polar surface area (TPSA) is 90.4 Å². The van der Waals surface area contributed by atoms with E-state index in [2.05, 4.69) is 63.5 Å². The van der Waals surface area contributed by atoms with Crippen LogP contribution in [0.5, 0.6) is 0 Å². The van der Waals surface area contributed by atoms with E-state index in [4.69, 9.17) is 14.9 Å². The molecule has 4 rings (SSSR count). The lowest BCUT2D eigenvalue weighted by Crippen LogP contribution is -2.18. The van der Waals surface area contributed by atoms with Crippen LogP contribution in [0.2, 0.25) is 0 Å². The van der Waals surface area contributed by atoms with Gasteiger partial charge in [-0.05, 0) is 48.7 Å². The zero-order chi connectivity index (χ0) is 21.9.